The largest absolute Gasteiger partial charge is 0.384 e. The van der Waals surface area contributed by atoms with Crippen molar-refractivity contribution >= 4 is 0 Å². The van der Waals surface area contributed by atoms with E-state index in [4.69, 9.17) is 9.26 Å². The second kappa shape index (κ2) is 8.09. The zero-order valence-electron chi connectivity index (χ0n) is 17.3. The summed E-state index contributed by atoms with van der Waals surface area (Å²) in [7, 11) is 0. The average Bonchev–Trinajstić information content (AvgIpc) is 3.25. The lowest BCUT2D eigenvalue weighted by Gasteiger charge is -2.29. The van der Waals surface area contributed by atoms with Gasteiger partial charge in [-0.1, -0.05) is 62.3 Å². The fraction of sp³-hybridized carbons (Fsp3) is 0.417. The fourth-order valence-corrected chi connectivity index (χ4v) is 3.73. The predicted molar refractivity (Wildman–Crippen MR) is 112 cm³/mol. The smallest absolute Gasteiger partial charge is 0.257 e. The summed E-state index contributed by atoms with van der Waals surface area (Å²) < 4.78 is 11.0. The molecule has 152 valence electrons. The molecule has 0 aliphatic carbocycles. The molecular formula is C24H28N2O3. The molecule has 2 heterocycles. The molecule has 0 radical (unpaired) electrons. The molecule has 0 bridgehead atoms. The van der Waals surface area contributed by atoms with Gasteiger partial charge in [-0.25, -0.2) is 0 Å². The van der Waals surface area contributed by atoms with Gasteiger partial charge in [0.25, 0.3) is 5.89 Å². The molecule has 1 atom stereocenters. The van der Waals surface area contributed by atoms with Gasteiger partial charge in [-0.2, -0.15) is 4.98 Å². The maximum Gasteiger partial charge on any atom is 0.257 e. The first-order valence-electron chi connectivity index (χ1n) is 10.3. The van der Waals surface area contributed by atoms with Crippen molar-refractivity contribution < 1.29 is 14.4 Å². The molecule has 5 nitrogen and oxygen atoms in total. The molecule has 1 aromatic heterocycles. The van der Waals surface area contributed by atoms with Crippen LogP contribution in [0.5, 0.6) is 0 Å². The maximum absolute atomic E-state index is 10.9. The van der Waals surface area contributed by atoms with Crippen LogP contribution in [-0.4, -0.2) is 28.5 Å². The van der Waals surface area contributed by atoms with Crippen LogP contribution in [0, 0.1) is 0 Å². The van der Waals surface area contributed by atoms with E-state index in [1.54, 1.807) is 0 Å². The Morgan fingerprint density at radius 1 is 0.966 bits per heavy atom. The van der Waals surface area contributed by atoms with Crippen molar-refractivity contribution in [2.45, 2.75) is 51.0 Å². The fourth-order valence-electron chi connectivity index (χ4n) is 3.73. The van der Waals surface area contributed by atoms with Crippen LogP contribution in [0.1, 0.15) is 68.1 Å². The number of rotatable bonds is 5. The van der Waals surface area contributed by atoms with Gasteiger partial charge >= 0.3 is 0 Å². The lowest BCUT2D eigenvalue weighted by molar-refractivity contribution is 0.0527. The quantitative estimate of drug-likeness (QED) is 0.661. The third kappa shape index (κ3) is 4.11. The third-order valence-electron chi connectivity index (χ3n) is 5.93. The van der Waals surface area contributed by atoms with Crippen molar-refractivity contribution in [3.05, 3.63) is 71.0 Å². The van der Waals surface area contributed by atoms with Crippen LogP contribution in [0.4, 0.5) is 0 Å². The van der Waals surface area contributed by atoms with Crippen molar-refractivity contribution in [1.82, 2.24) is 10.1 Å². The predicted octanol–water partition coefficient (Wildman–Crippen LogP) is 5.01. The van der Waals surface area contributed by atoms with Gasteiger partial charge in [0.15, 0.2) is 5.82 Å². The van der Waals surface area contributed by atoms with Crippen molar-refractivity contribution in [1.29, 1.82) is 0 Å². The van der Waals surface area contributed by atoms with E-state index in [1.807, 2.05) is 36.4 Å². The summed E-state index contributed by atoms with van der Waals surface area (Å²) in [5, 5.41) is 15.1. The zero-order chi connectivity index (χ0) is 20.4. The van der Waals surface area contributed by atoms with Crippen LogP contribution in [0.25, 0.3) is 11.5 Å². The highest BCUT2D eigenvalue weighted by atomic mass is 16.5. The van der Waals surface area contributed by atoms with Crippen LogP contribution in [0.2, 0.25) is 0 Å². The summed E-state index contributed by atoms with van der Waals surface area (Å²) in [6, 6.07) is 15.8. The highest BCUT2D eigenvalue weighted by Gasteiger charge is 2.34. The van der Waals surface area contributed by atoms with Gasteiger partial charge < -0.3 is 14.4 Å². The second-order valence-corrected chi connectivity index (χ2v) is 8.45. The number of ether oxygens (including phenoxy) is 1. The standard InChI is InChI=1S/C24H28N2O3/c1-16(2)17-7-9-18(10-8-17)21(27)19-5-4-6-20(15-19)22-25-23(26-29-22)24(3)11-13-28-14-12-24/h4-10,15-16,21,27H,11-14H2,1-3H3. The molecule has 0 saturated carbocycles. The normalized spacial score (nSPS) is 17.4. The molecule has 5 heteroatoms. The van der Waals surface area contributed by atoms with E-state index in [0.29, 0.717) is 11.8 Å². The van der Waals surface area contributed by atoms with Gasteiger partial charge in [-0.15, -0.1) is 0 Å². The number of aliphatic hydroxyl groups excluding tert-OH is 1. The van der Waals surface area contributed by atoms with Crippen molar-refractivity contribution in [2.24, 2.45) is 0 Å². The van der Waals surface area contributed by atoms with Gasteiger partial charge in [0.05, 0.1) is 0 Å². The third-order valence-corrected chi connectivity index (χ3v) is 5.93. The lowest BCUT2D eigenvalue weighted by Crippen LogP contribution is -2.31. The average molecular weight is 392 g/mol. The monoisotopic (exact) mass is 392 g/mol. The Labute approximate surface area is 171 Å². The minimum atomic E-state index is -0.702. The van der Waals surface area contributed by atoms with Crippen LogP contribution in [-0.2, 0) is 10.2 Å². The summed E-state index contributed by atoms with van der Waals surface area (Å²) in [6.45, 7) is 7.92. The van der Waals surface area contributed by atoms with Gasteiger partial charge in [-0.3, -0.25) is 0 Å². The first kappa shape index (κ1) is 19.8. The van der Waals surface area contributed by atoms with E-state index in [2.05, 4.69) is 43.0 Å². The first-order chi connectivity index (χ1) is 14.0. The van der Waals surface area contributed by atoms with Crippen molar-refractivity contribution in [3.63, 3.8) is 0 Å². The summed E-state index contributed by atoms with van der Waals surface area (Å²) in [4.78, 5) is 4.67. The summed E-state index contributed by atoms with van der Waals surface area (Å²) in [6.07, 6.45) is 1.07. The molecule has 1 saturated heterocycles. The minimum absolute atomic E-state index is 0.116. The van der Waals surface area contributed by atoms with E-state index in [0.717, 1.165) is 48.6 Å². The Hall–Kier alpha value is -2.50. The molecule has 2 aromatic carbocycles. The van der Waals surface area contributed by atoms with Crippen LogP contribution in [0.15, 0.2) is 53.1 Å². The summed E-state index contributed by atoms with van der Waals surface area (Å²) in [5.41, 5.74) is 3.63. The van der Waals surface area contributed by atoms with Crippen LogP contribution in [0.3, 0.4) is 0 Å². The summed E-state index contributed by atoms with van der Waals surface area (Å²) >= 11 is 0. The lowest BCUT2D eigenvalue weighted by atomic mass is 9.82. The van der Waals surface area contributed by atoms with Crippen molar-refractivity contribution in [3.8, 4) is 11.5 Å². The van der Waals surface area contributed by atoms with Gasteiger partial charge in [-0.05, 0) is 47.6 Å². The van der Waals surface area contributed by atoms with Gasteiger partial charge in [0, 0.05) is 24.2 Å². The number of nitrogens with zero attached hydrogens (tertiary/aromatic N) is 2. The second-order valence-electron chi connectivity index (χ2n) is 8.45. The highest BCUT2D eigenvalue weighted by molar-refractivity contribution is 5.55. The first-order valence-corrected chi connectivity index (χ1v) is 10.3. The Morgan fingerprint density at radius 3 is 2.34 bits per heavy atom. The number of benzene rings is 2. The molecular weight excluding hydrogens is 364 g/mol. The molecule has 0 spiro atoms. The van der Waals surface area contributed by atoms with Gasteiger partial charge in [0.2, 0.25) is 0 Å². The summed E-state index contributed by atoms with van der Waals surface area (Å²) in [5.74, 6) is 1.68. The highest BCUT2D eigenvalue weighted by Crippen LogP contribution is 2.34. The topological polar surface area (TPSA) is 68.4 Å². The number of hydrogen-bond acceptors (Lipinski definition) is 5. The minimum Gasteiger partial charge on any atom is -0.384 e. The SMILES string of the molecule is CC(C)c1ccc(C(O)c2cccc(-c3nc(C4(C)CCOCC4)no3)c2)cc1. The number of aliphatic hydroxyl groups is 1. The molecule has 0 amide bonds. The molecule has 29 heavy (non-hydrogen) atoms. The molecule has 1 N–H and O–H groups in total. The van der Waals surface area contributed by atoms with E-state index in [1.165, 1.54) is 5.56 Å². The zero-order valence-corrected chi connectivity index (χ0v) is 17.3. The molecule has 4 rings (SSSR count). The number of hydrogen-bond donors (Lipinski definition) is 1. The van der Waals surface area contributed by atoms with Gasteiger partial charge in [0.1, 0.15) is 6.10 Å². The van der Waals surface area contributed by atoms with E-state index < -0.39 is 6.10 Å². The molecule has 1 aliphatic heterocycles. The van der Waals surface area contributed by atoms with Crippen LogP contribution < -0.4 is 0 Å². The Morgan fingerprint density at radius 2 is 1.66 bits per heavy atom. The van der Waals surface area contributed by atoms with E-state index >= 15 is 0 Å². The Bertz CT molecular complexity index is 956. The molecule has 3 aromatic rings. The van der Waals surface area contributed by atoms with Crippen LogP contribution >= 0.6 is 0 Å². The molecule has 1 fully saturated rings. The Balaban J connectivity index is 1.57. The maximum atomic E-state index is 10.9. The molecule has 1 unspecified atom stereocenters. The van der Waals surface area contributed by atoms with E-state index in [9.17, 15) is 5.11 Å². The Kier molecular flexibility index (Phi) is 5.52. The van der Waals surface area contributed by atoms with Crippen molar-refractivity contribution in [2.75, 3.05) is 13.2 Å². The molecule has 1 aliphatic rings. The van der Waals surface area contributed by atoms with E-state index in [-0.39, 0.29) is 5.41 Å². The number of aromatic nitrogens is 2.